The fourth-order valence-electron chi connectivity index (χ4n) is 0.133. The van der Waals surface area contributed by atoms with Crippen LogP contribution in [0.15, 0.2) is 22.5 Å². The largest absolute Gasteiger partial charge is 0.193 e. The van der Waals surface area contributed by atoms with Crippen LogP contribution in [0.3, 0.4) is 0 Å². The van der Waals surface area contributed by atoms with E-state index in [1.165, 1.54) is 12.8 Å². The Morgan fingerprint density at radius 3 is 1.80 bits per heavy atom. The second kappa shape index (κ2) is 15.8. The molecule has 0 bridgehead atoms. The molecule has 0 amide bonds. The predicted octanol–water partition coefficient (Wildman–Crippen LogP) is 3.41. The molecule has 0 spiro atoms. The van der Waals surface area contributed by atoms with Crippen molar-refractivity contribution < 1.29 is 0 Å². The van der Waals surface area contributed by atoms with Crippen LogP contribution in [0.5, 0.6) is 0 Å². The Morgan fingerprint density at radius 2 is 1.70 bits per heavy atom. The molecular weight excluding hydrogens is 124 g/mol. The molecule has 0 atom stereocenters. The van der Waals surface area contributed by atoms with Crippen LogP contribution >= 0.6 is 0 Å². The van der Waals surface area contributed by atoms with Crippen molar-refractivity contribution in [2.45, 2.75) is 33.6 Å². The van der Waals surface area contributed by atoms with Crippen LogP contribution in [-0.4, -0.2) is 7.05 Å². The van der Waals surface area contributed by atoms with Crippen LogP contribution in [0.25, 0.3) is 0 Å². The van der Waals surface area contributed by atoms with Gasteiger partial charge >= 0.3 is 0 Å². The Bertz CT molecular complexity index is 73.3. The van der Waals surface area contributed by atoms with E-state index in [4.69, 9.17) is 0 Å². The number of unbranched alkanes of at least 4 members (excludes halogenated alkanes) is 1. The molecule has 0 aliphatic rings. The second-order valence-corrected chi connectivity index (χ2v) is 1.80. The van der Waals surface area contributed by atoms with E-state index in [1.54, 1.807) is 13.2 Å². The van der Waals surface area contributed by atoms with Gasteiger partial charge in [-0.15, -0.1) is 0 Å². The molecule has 60 valence electrons. The summed E-state index contributed by atoms with van der Waals surface area (Å²) in [5.74, 6) is 0. The summed E-state index contributed by atoms with van der Waals surface area (Å²) in [7, 11) is 1.64. The number of hydrogen-bond acceptors (Lipinski definition) is 2. The predicted molar refractivity (Wildman–Crippen MR) is 46.2 cm³/mol. The molecule has 0 N–H and O–H groups in total. The summed E-state index contributed by atoms with van der Waals surface area (Å²) in [5, 5.41) is 7.00. The first-order chi connectivity index (χ1) is 4.83. The fourth-order valence-corrected chi connectivity index (χ4v) is 0.133. The lowest BCUT2D eigenvalue weighted by molar-refractivity contribution is 0.886. The Labute approximate surface area is 64.1 Å². The average Bonchev–Trinajstić information content (AvgIpc) is 2.01. The molecule has 0 unspecified atom stereocenters. The van der Waals surface area contributed by atoms with Crippen LogP contribution in [0.1, 0.15) is 33.6 Å². The van der Waals surface area contributed by atoms with Crippen molar-refractivity contribution in [2.24, 2.45) is 10.2 Å². The van der Waals surface area contributed by atoms with Crippen molar-refractivity contribution in [3.05, 3.63) is 12.3 Å². The van der Waals surface area contributed by atoms with Crippen molar-refractivity contribution in [3.8, 4) is 0 Å². The highest BCUT2D eigenvalue weighted by atomic mass is 15.1. The highest BCUT2D eigenvalue weighted by Gasteiger charge is 1.56. The molecule has 0 saturated carbocycles. The van der Waals surface area contributed by atoms with Gasteiger partial charge in [0, 0.05) is 13.2 Å². The average molecular weight is 142 g/mol. The van der Waals surface area contributed by atoms with E-state index >= 15 is 0 Å². The SMILES string of the molecule is C/C=C\N=NC.CCCC. The molecule has 0 fully saturated rings. The first-order valence-electron chi connectivity index (χ1n) is 3.73. The lowest BCUT2D eigenvalue weighted by Gasteiger charge is -1.68. The quantitative estimate of drug-likeness (QED) is 0.528. The third-order valence-corrected chi connectivity index (χ3v) is 0.831. The molecule has 2 nitrogen and oxygen atoms in total. The molecule has 0 radical (unpaired) electrons. The molecule has 0 aliphatic heterocycles. The van der Waals surface area contributed by atoms with E-state index in [0.717, 1.165) is 0 Å². The van der Waals surface area contributed by atoms with Crippen LogP contribution in [0, 0.1) is 0 Å². The summed E-state index contributed by atoms with van der Waals surface area (Å²) in [5.41, 5.74) is 0. The number of hydrogen-bond donors (Lipinski definition) is 0. The van der Waals surface area contributed by atoms with Gasteiger partial charge in [0.2, 0.25) is 0 Å². The molecule has 0 saturated heterocycles. The van der Waals surface area contributed by atoms with Crippen LogP contribution < -0.4 is 0 Å². The van der Waals surface area contributed by atoms with Crippen molar-refractivity contribution in [1.29, 1.82) is 0 Å². The maximum absolute atomic E-state index is 3.53. The van der Waals surface area contributed by atoms with Gasteiger partial charge in [0.25, 0.3) is 0 Å². The zero-order valence-electron chi connectivity index (χ0n) is 7.46. The third kappa shape index (κ3) is 26.4. The summed E-state index contributed by atoms with van der Waals surface area (Å²) in [6, 6.07) is 0. The van der Waals surface area contributed by atoms with Gasteiger partial charge in [0.05, 0.1) is 0 Å². The standard InChI is InChI=1S/C4H8N2.C4H10/c1-3-4-6-5-2;1-3-4-2/h3-4H,1-2H3;3-4H2,1-2H3/b4-3-,6-5?;. The van der Waals surface area contributed by atoms with Crippen molar-refractivity contribution in [2.75, 3.05) is 7.05 Å². The zero-order chi connectivity index (χ0) is 8.24. The lowest BCUT2D eigenvalue weighted by Crippen LogP contribution is -1.47. The second-order valence-electron chi connectivity index (χ2n) is 1.80. The van der Waals surface area contributed by atoms with Crippen molar-refractivity contribution >= 4 is 0 Å². The van der Waals surface area contributed by atoms with Gasteiger partial charge in [-0.25, -0.2) is 0 Å². The van der Waals surface area contributed by atoms with Crippen molar-refractivity contribution in [3.63, 3.8) is 0 Å². The maximum atomic E-state index is 3.53. The molecule has 0 rings (SSSR count). The molecule has 2 heteroatoms. The molecule has 10 heavy (non-hydrogen) atoms. The van der Waals surface area contributed by atoms with E-state index in [0.29, 0.717) is 0 Å². The Morgan fingerprint density at radius 1 is 1.20 bits per heavy atom. The minimum atomic E-state index is 1.32. The minimum Gasteiger partial charge on any atom is -0.193 e. The maximum Gasteiger partial charge on any atom is 0.0491 e. The third-order valence-electron chi connectivity index (χ3n) is 0.831. The highest BCUT2D eigenvalue weighted by molar-refractivity contribution is 4.70. The van der Waals surface area contributed by atoms with Gasteiger partial charge in [-0.2, -0.15) is 10.2 Å². The monoisotopic (exact) mass is 142 g/mol. The van der Waals surface area contributed by atoms with E-state index in [-0.39, 0.29) is 0 Å². The fraction of sp³-hybridized carbons (Fsp3) is 0.750. The van der Waals surface area contributed by atoms with Crippen LogP contribution in [-0.2, 0) is 0 Å². The van der Waals surface area contributed by atoms with Gasteiger partial charge in [0.1, 0.15) is 0 Å². The normalized spacial score (nSPS) is 10.0. The summed E-state index contributed by atoms with van der Waals surface area (Å²) in [6.45, 7) is 6.26. The molecule has 0 aromatic heterocycles. The Kier molecular flexibility index (Phi) is 19.0. The van der Waals surface area contributed by atoms with Gasteiger partial charge in [0.15, 0.2) is 0 Å². The number of nitrogens with zero attached hydrogens (tertiary/aromatic N) is 2. The number of allylic oxidation sites excluding steroid dienone is 1. The first kappa shape index (κ1) is 12.1. The lowest BCUT2D eigenvalue weighted by atomic mass is 10.4. The van der Waals surface area contributed by atoms with E-state index < -0.39 is 0 Å². The van der Waals surface area contributed by atoms with Gasteiger partial charge < -0.3 is 0 Å². The molecule has 0 aromatic carbocycles. The van der Waals surface area contributed by atoms with Gasteiger partial charge in [-0.1, -0.05) is 32.8 Å². The smallest absolute Gasteiger partial charge is 0.0491 e. The van der Waals surface area contributed by atoms with Gasteiger partial charge in [-0.05, 0) is 6.92 Å². The van der Waals surface area contributed by atoms with E-state index in [1.807, 2.05) is 13.0 Å². The molecule has 0 aliphatic carbocycles. The Hall–Kier alpha value is -0.660. The van der Waals surface area contributed by atoms with Crippen LogP contribution in [0.4, 0.5) is 0 Å². The highest BCUT2D eigenvalue weighted by Crippen LogP contribution is 1.76. The first-order valence-corrected chi connectivity index (χ1v) is 3.73. The summed E-state index contributed by atoms with van der Waals surface area (Å²) in [4.78, 5) is 0. The van der Waals surface area contributed by atoms with Crippen LogP contribution in [0.2, 0.25) is 0 Å². The minimum absolute atomic E-state index is 1.32. The van der Waals surface area contributed by atoms with E-state index in [9.17, 15) is 0 Å². The molecule has 0 heterocycles. The summed E-state index contributed by atoms with van der Waals surface area (Å²) in [6.07, 6.45) is 6.10. The van der Waals surface area contributed by atoms with Crippen molar-refractivity contribution in [1.82, 2.24) is 0 Å². The number of rotatable bonds is 2. The Balaban J connectivity index is 0. The zero-order valence-corrected chi connectivity index (χ0v) is 7.46. The summed E-state index contributed by atoms with van der Waals surface area (Å²) < 4.78 is 0. The molecule has 0 aromatic rings. The van der Waals surface area contributed by atoms with Gasteiger partial charge in [-0.3, -0.25) is 0 Å². The number of azo groups is 1. The molecular formula is C8H18N2. The topological polar surface area (TPSA) is 24.7 Å². The van der Waals surface area contributed by atoms with E-state index in [2.05, 4.69) is 24.1 Å². The summed E-state index contributed by atoms with van der Waals surface area (Å²) >= 11 is 0.